The summed E-state index contributed by atoms with van der Waals surface area (Å²) in [4.78, 5) is 16.1. The number of piperidine rings is 1. The van der Waals surface area contributed by atoms with Crippen molar-refractivity contribution in [2.45, 2.75) is 39.2 Å². The zero-order valence-electron chi connectivity index (χ0n) is 17.9. The Morgan fingerprint density at radius 1 is 0.935 bits per heavy atom. The molecule has 0 saturated carbocycles. The Balaban J connectivity index is 1.62. The maximum atomic E-state index is 6.84. The van der Waals surface area contributed by atoms with E-state index in [0.717, 1.165) is 57.5 Å². The number of hydrogen-bond acceptors (Lipinski definition) is 5. The van der Waals surface area contributed by atoms with Gasteiger partial charge in [0.15, 0.2) is 0 Å². The number of anilines is 2. The van der Waals surface area contributed by atoms with Crippen molar-refractivity contribution in [3.8, 4) is 11.1 Å². The SMILES string of the molecule is CC(C)Nc1cc2cccc(-c3cc4ncnc(N5CCCCC5)c4cc3Cl)c2cn1. The van der Waals surface area contributed by atoms with Crippen molar-refractivity contribution in [1.29, 1.82) is 0 Å². The van der Waals surface area contributed by atoms with Crippen LogP contribution < -0.4 is 10.2 Å². The van der Waals surface area contributed by atoms with Crippen LogP contribution in [0.25, 0.3) is 32.8 Å². The van der Waals surface area contributed by atoms with E-state index in [1.54, 1.807) is 6.33 Å². The molecule has 0 atom stereocenters. The fraction of sp³-hybridized carbons (Fsp3) is 0.320. The lowest BCUT2D eigenvalue weighted by Gasteiger charge is -2.28. The minimum Gasteiger partial charge on any atom is -0.368 e. The van der Waals surface area contributed by atoms with Gasteiger partial charge in [-0.2, -0.15) is 0 Å². The van der Waals surface area contributed by atoms with E-state index >= 15 is 0 Å². The zero-order valence-corrected chi connectivity index (χ0v) is 18.7. The predicted octanol–water partition coefficient (Wildman–Crippen LogP) is 6.31. The molecule has 0 amide bonds. The first-order chi connectivity index (χ1) is 15.1. The van der Waals surface area contributed by atoms with Crippen LogP contribution in [0.4, 0.5) is 11.6 Å². The van der Waals surface area contributed by atoms with Gasteiger partial charge in [0.2, 0.25) is 0 Å². The molecule has 4 aromatic rings. The molecular weight excluding hydrogens is 406 g/mol. The van der Waals surface area contributed by atoms with Crippen LogP contribution in [0.2, 0.25) is 5.02 Å². The minimum absolute atomic E-state index is 0.330. The third-order valence-electron chi connectivity index (χ3n) is 5.85. The van der Waals surface area contributed by atoms with E-state index in [4.69, 9.17) is 11.6 Å². The van der Waals surface area contributed by atoms with Gasteiger partial charge in [-0.15, -0.1) is 0 Å². The Morgan fingerprint density at radius 3 is 2.58 bits per heavy atom. The van der Waals surface area contributed by atoms with Crippen molar-refractivity contribution < 1.29 is 0 Å². The maximum Gasteiger partial charge on any atom is 0.139 e. The van der Waals surface area contributed by atoms with E-state index in [-0.39, 0.29) is 0 Å². The monoisotopic (exact) mass is 431 g/mol. The number of halogens is 1. The minimum atomic E-state index is 0.330. The summed E-state index contributed by atoms with van der Waals surface area (Å²) in [6.07, 6.45) is 7.28. The number of hydrogen-bond donors (Lipinski definition) is 1. The molecule has 0 bridgehead atoms. The highest BCUT2D eigenvalue weighted by atomic mass is 35.5. The smallest absolute Gasteiger partial charge is 0.139 e. The van der Waals surface area contributed by atoms with E-state index in [1.807, 2.05) is 12.3 Å². The molecule has 5 nitrogen and oxygen atoms in total. The lowest BCUT2D eigenvalue weighted by atomic mass is 9.98. The van der Waals surface area contributed by atoms with Crippen molar-refractivity contribution in [3.05, 3.63) is 53.9 Å². The highest BCUT2D eigenvalue weighted by Crippen LogP contribution is 2.38. The van der Waals surface area contributed by atoms with E-state index in [0.29, 0.717) is 11.1 Å². The lowest BCUT2D eigenvalue weighted by molar-refractivity contribution is 0.574. The number of aromatic nitrogens is 3. The van der Waals surface area contributed by atoms with Gasteiger partial charge in [0.05, 0.1) is 5.52 Å². The van der Waals surface area contributed by atoms with E-state index in [9.17, 15) is 0 Å². The summed E-state index contributed by atoms with van der Waals surface area (Å²) in [5.74, 6) is 1.87. The zero-order chi connectivity index (χ0) is 21.4. The average molecular weight is 432 g/mol. The molecule has 2 aromatic carbocycles. The fourth-order valence-electron chi connectivity index (χ4n) is 4.41. The van der Waals surface area contributed by atoms with Gasteiger partial charge in [0, 0.05) is 46.7 Å². The summed E-state index contributed by atoms with van der Waals surface area (Å²) in [6, 6.07) is 12.8. The quantitative estimate of drug-likeness (QED) is 0.410. The van der Waals surface area contributed by atoms with Gasteiger partial charge >= 0.3 is 0 Å². The summed E-state index contributed by atoms with van der Waals surface area (Å²) < 4.78 is 0. The number of nitrogens with zero attached hydrogens (tertiary/aromatic N) is 4. The molecular formula is C25H26ClN5. The standard InChI is InChI=1S/C25H26ClN5/c1-16(2)30-24-11-17-7-6-8-18(21(17)14-27-24)19-13-23-20(12-22(19)26)25(29-15-28-23)31-9-4-3-5-10-31/h6-8,11-16H,3-5,9-10H2,1-2H3,(H,27,30). The first-order valence-electron chi connectivity index (χ1n) is 10.9. The van der Waals surface area contributed by atoms with Crippen molar-refractivity contribution in [1.82, 2.24) is 15.0 Å². The molecule has 0 spiro atoms. The molecule has 1 fully saturated rings. The summed E-state index contributed by atoms with van der Waals surface area (Å²) in [7, 11) is 0. The van der Waals surface area contributed by atoms with Crippen LogP contribution in [-0.2, 0) is 0 Å². The highest BCUT2D eigenvalue weighted by Gasteiger charge is 2.18. The molecule has 1 N–H and O–H groups in total. The lowest BCUT2D eigenvalue weighted by Crippen LogP contribution is -2.30. The van der Waals surface area contributed by atoms with Crippen LogP contribution in [0.15, 0.2) is 48.9 Å². The third kappa shape index (κ3) is 3.90. The number of fused-ring (bicyclic) bond motifs is 2. The van der Waals surface area contributed by atoms with Crippen LogP contribution in [-0.4, -0.2) is 34.1 Å². The molecule has 1 saturated heterocycles. The van der Waals surface area contributed by atoms with Gasteiger partial charge < -0.3 is 10.2 Å². The van der Waals surface area contributed by atoms with Crippen LogP contribution in [0.1, 0.15) is 33.1 Å². The summed E-state index contributed by atoms with van der Waals surface area (Å²) >= 11 is 6.84. The summed E-state index contributed by atoms with van der Waals surface area (Å²) in [5.41, 5.74) is 2.94. The number of rotatable bonds is 4. The van der Waals surface area contributed by atoms with Crippen LogP contribution >= 0.6 is 11.6 Å². The molecule has 3 heterocycles. The van der Waals surface area contributed by atoms with Gasteiger partial charge in [-0.05, 0) is 62.3 Å². The Labute approximate surface area is 187 Å². The van der Waals surface area contributed by atoms with Crippen molar-refractivity contribution in [2.75, 3.05) is 23.3 Å². The van der Waals surface area contributed by atoms with Crippen molar-refractivity contribution in [3.63, 3.8) is 0 Å². The molecule has 1 aliphatic heterocycles. The highest BCUT2D eigenvalue weighted by molar-refractivity contribution is 6.34. The average Bonchev–Trinajstić information content (AvgIpc) is 2.78. The normalized spacial score (nSPS) is 14.5. The Kier molecular flexibility index (Phi) is 5.36. The van der Waals surface area contributed by atoms with Gasteiger partial charge in [-0.1, -0.05) is 29.8 Å². The molecule has 31 heavy (non-hydrogen) atoms. The number of pyridine rings is 1. The molecule has 5 rings (SSSR count). The molecule has 0 aliphatic carbocycles. The molecule has 0 radical (unpaired) electrons. The summed E-state index contributed by atoms with van der Waals surface area (Å²) in [6.45, 7) is 6.29. The van der Waals surface area contributed by atoms with Crippen molar-refractivity contribution >= 4 is 44.9 Å². The first kappa shape index (κ1) is 20.0. The molecule has 0 unspecified atom stereocenters. The van der Waals surface area contributed by atoms with Crippen LogP contribution in [0, 0.1) is 0 Å². The second kappa shape index (κ2) is 8.31. The molecule has 6 heteroatoms. The van der Waals surface area contributed by atoms with Gasteiger partial charge in [0.25, 0.3) is 0 Å². The Morgan fingerprint density at radius 2 is 1.77 bits per heavy atom. The summed E-state index contributed by atoms with van der Waals surface area (Å²) in [5, 5.41) is 7.29. The second-order valence-corrected chi connectivity index (χ2v) is 8.90. The number of benzene rings is 2. The predicted molar refractivity (Wildman–Crippen MR) is 130 cm³/mol. The van der Waals surface area contributed by atoms with E-state index in [2.05, 4.69) is 69.3 Å². The Bertz CT molecular complexity index is 1250. The van der Waals surface area contributed by atoms with E-state index in [1.165, 1.54) is 19.3 Å². The van der Waals surface area contributed by atoms with Gasteiger partial charge in [-0.25, -0.2) is 15.0 Å². The second-order valence-electron chi connectivity index (χ2n) is 8.49. The van der Waals surface area contributed by atoms with Crippen LogP contribution in [0.3, 0.4) is 0 Å². The Hall–Kier alpha value is -2.92. The first-order valence-corrected chi connectivity index (χ1v) is 11.3. The molecule has 1 aliphatic rings. The van der Waals surface area contributed by atoms with Crippen LogP contribution in [0.5, 0.6) is 0 Å². The topological polar surface area (TPSA) is 53.9 Å². The largest absolute Gasteiger partial charge is 0.368 e. The van der Waals surface area contributed by atoms with E-state index < -0.39 is 0 Å². The van der Waals surface area contributed by atoms with Gasteiger partial charge in [0.1, 0.15) is 18.0 Å². The number of nitrogens with one attached hydrogen (secondary N) is 1. The van der Waals surface area contributed by atoms with Gasteiger partial charge in [-0.3, -0.25) is 0 Å². The third-order valence-corrected chi connectivity index (χ3v) is 6.16. The maximum absolute atomic E-state index is 6.84. The van der Waals surface area contributed by atoms with Crippen molar-refractivity contribution in [2.24, 2.45) is 0 Å². The molecule has 2 aromatic heterocycles. The molecule has 158 valence electrons. The fourth-order valence-corrected chi connectivity index (χ4v) is 4.67.